The minimum atomic E-state index is -0.533. The van der Waals surface area contributed by atoms with E-state index in [2.05, 4.69) is 20.4 Å². The Balaban J connectivity index is 1.14. The summed E-state index contributed by atoms with van der Waals surface area (Å²) in [5.41, 5.74) is 2.06. The Morgan fingerprint density at radius 1 is 1.14 bits per heavy atom. The maximum Gasteiger partial charge on any atom is 0.407 e. The number of nitrogens with zero attached hydrogens (tertiary/aromatic N) is 4. The van der Waals surface area contributed by atoms with Crippen molar-refractivity contribution in [2.24, 2.45) is 5.92 Å². The Hall–Kier alpha value is -3.95. The van der Waals surface area contributed by atoms with Crippen molar-refractivity contribution in [1.82, 2.24) is 20.4 Å². The van der Waals surface area contributed by atoms with Gasteiger partial charge in [0.2, 0.25) is 0 Å². The van der Waals surface area contributed by atoms with Crippen LogP contribution in [0.15, 0.2) is 53.2 Å². The second-order valence-electron chi connectivity index (χ2n) is 9.01. The summed E-state index contributed by atoms with van der Waals surface area (Å²) in [7, 11) is 3.24. The second-order valence-corrected chi connectivity index (χ2v) is 9.01. The Kier molecular flexibility index (Phi) is 8.14. The molecule has 0 atom stereocenters. The van der Waals surface area contributed by atoms with Crippen LogP contribution in [0.2, 0.25) is 0 Å². The normalized spacial score (nSPS) is 13.9. The lowest BCUT2D eigenvalue weighted by atomic mass is 9.93. The van der Waals surface area contributed by atoms with Crippen molar-refractivity contribution >= 4 is 17.8 Å². The molecule has 4 rings (SSSR count). The van der Waals surface area contributed by atoms with Crippen molar-refractivity contribution in [2.45, 2.75) is 25.9 Å². The number of hydrogen-bond acceptors (Lipinski definition) is 7. The fourth-order valence-corrected chi connectivity index (χ4v) is 4.11. The summed E-state index contributed by atoms with van der Waals surface area (Å²) in [6, 6.07) is 11.9. The van der Waals surface area contributed by atoms with Crippen LogP contribution in [0.3, 0.4) is 0 Å². The first-order valence-electron chi connectivity index (χ1n) is 11.9. The molecule has 2 amide bonds. The SMILES string of the molecule is CN(C)C(=O)c1cc(COC(=O)NCCC2CCN(c3ccc(-c4ccc(F)cc4)cn3)CC2)on1. The van der Waals surface area contributed by atoms with E-state index >= 15 is 0 Å². The van der Waals surface area contributed by atoms with Gasteiger partial charge in [0.25, 0.3) is 5.91 Å². The molecule has 1 aliphatic heterocycles. The van der Waals surface area contributed by atoms with Gasteiger partial charge in [-0.05, 0) is 55.0 Å². The first kappa shape index (κ1) is 25.2. The predicted octanol–water partition coefficient (Wildman–Crippen LogP) is 4.11. The van der Waals surface area contributed by atoms with Crippen molar-refractivity contribution in [2.75, 3.05) is 38.6 Å². The lowest BCUT2D eigenvalue weighted by molar-refractivity contribution is 0.0816. The number of piperidine rings is 1. The molecule has 0 aliphatic carbocycles. The third-order valence-electron chi connectivity index (χ3n) is 6.22. The third kappa shape index (κ3) is 6.59. The zero-order valence-corrected chi connectivity index (χ0v) is 20.4. The van der Waals surface area contributed by atoms with Crippen LogP contribution in [-0.2, 0) is 11.3 Å². The molecular weight excluding hydrogens is 465 g/mol. The Bertz CT molecular complexity index is 1160. The highest BCUT2D eigenvalue weighted by Gasteiger charge is 2.20. The van der Waals surface area contributed by atoms with Gasteiger partial charge in [-0.2, -0.15) is 0 Å². The molecule has 1 fully saturated rings. The lowest BCUT2D eigenvalue weighted by Crippen LogP contribution is -2.35. The quantitative estimate of drug-likeness (QED) is 0.502. The fraction of sp³-hybridized carbons (Fsp3) is 0.385. The number of alkyl carbamates (subject to hydrolysis) is 1. The molecule has 1 aliphatic rings. The third-order valence-corrected chi connectivity index (χ3v) is 6.22. The molecule has 2 aromatic heterocycles. The van der Waals surface area contributed by atoms with E-state index < -0.39 is 6.09 Å². The van der Waals surface area contributed by atoms with E-state index in [4.69, 9.17) is 9.26 Å². The number of benzene rings is 1. The summed E-state index contributed by atoms with van der Waals surface area (Å²) in [6.07, 6.45) is 4.18. The number of ether oxygens (including phenoxy) is 1. The van der Waals surface area contributed by atoms with E-state index in [9.17, 15) is 14.0 Å². The molecule has 0 bridgehead atoms. The van der Waals surface area contributed by atoms with Gasteiger partial charge >= 0.3 is 6.09 Å². The van der Waals surface area contributed by atoms with Gasteiger partial charge in [-0.3, -0.25) is 4.79 Å². The van der Waals surface area contributed by atoms with Crippen LogP contribution in [-0.4, -0.2) is 60.8 Å². The molecule has 10 heteroatoms. The molecule has 190 valence electrons. The van der Waals surface area contributed by atoms with Crippen LogP contribution in [0, 0.1) is 11.7 Å². The number of anilines is 1. The van der Waals surface area contributed by atoms with Crippen LogP contribution in [0.1, 0.15) is 35.5 Å². The predicted molar refractivity (Wildman–Crippen MR) is 132 cm³/mol. The maximum atomic E-state index is 13.1. The van der Waals surface area contributed by atoms with E-state index in [1.807, 2.05) is 18.3 Å². The number of halogens is 1. The van der Waals surface area contributed by atoms with Gasteiger partial charge in [-0.25, -0.2) is 14.2 Å². The van der Waals surface area contributed by atoms with Crippen molar-refractivity contribution in [3.8, 4) is 11.1 Å². The van der Waals surface area contributed by atoms with E-state index in [0.717, 1.165) is 49.3 Å². The number of carbonyl (C=O) groups is 2. The van der Waals surface area contributed by atoms with Gasteiger partial charge in [0.05, 0.1) is 0 Å². The minimum absolute atomic E-state index is 0.0924. The molecule has 1 aromatic carbocycles. The number of hydrogen-bond donors (Lipinski definition) is 1. The number of pyridine rings is 1. The number of carbonyl (C=O) groups excluding carboxylic acids is 2. The van der Waals surface area contributed by atoms with Gasteiger partial charge in [0.15, 0.2) is 18.1 Å². The van der Waals surface area contributed by atoms with E-state index in [0.29, 0.717) is 18.2 Å². The molecular formula is C26H30FN5O4. The van der Waals surface area contributed by atoms with Gasteiger partial charge in [-0.1, -0.05) is 17.3 Å². The van der Waals surface area contributed by atoms with Crippen LogP contribution in [0.25, 0.3) is 11.1 Å². The maximum absolute atomic E-state index is 13.1. The summed E-state index contributed by atoms with van der Waals surface area (Å²) in [5, 5.41) is 6.46. The minimum Gasteiger partial charge on any atom is -0.441 e. The first-order valence-corrected chi connectivity index (χ1v) is 11.9. The van der Waals surface area contributed by atoms with E-state index in [1.54, 1.807) is 26.2 Å². The average molecular weight is 496 g/mol. The molecule has 0 unspecified atom stereocenters. The van der Waals surface area contributed by atoms with Crippen LogP contribution < -0.4 is 10.2 Å². The van der Waals surface area contributed by atoms with E-state index in [-0.39, 0.29) is 24.0 Å². The van der Waals surface area contributed by atoms with Crippen LogP contribution in [0.4, 0.5) is 15.0 Å². The average Bonchev–Trinajstić information content (AvgIpc) is 3.37. The second kappa shape index (κ2) is 11.7. The molecule has 0 radical (unpaired) electrons. The van der Waals surface area contributed by atoms with Crippen molar-refractivity contribution < 1.29 is 23.2 Å². The lowest BCUT2D eigenvalue weighted by Gasteiger charge is -2.32. The van der Waals surface area contributed by atoms with Crippen molar-refractivity contribution in [3.63, 3.8) is 0 Å². The summed E-state index contributed by atoms with van der Waals surface area (Å²) >= 11 is 0. The van der Waals surface area contributed by atoms with Crippen LogP contribution >= 0.6 is 0 Å². The van der Waals surface area contributed by atoms with Crippen molar-refractivity contribution in [1.29, 1.82) is 0 Å². The van der Waals surface area contributed by atoms with Gasteiger partial charge in [0.1, 0.15) is 11.6 Å². The van der Waals surface area contributed by atoms with Crippen LogP contribution in [0.5, 0.6) is 0 Å². The molecule has 3 heterocycles. The molecule has 0 saturated carbocycles. The summed E-state index contributed by atoms with van der Waals surface area (Å²) in [5.74, 6) is 1.22. The highest BCUT2D eigenvalue weighted by Crippen LogP contribution is 2.26. The zero-order chi connectivity index (χ0) is 25.5. The summed E-state index contributed by atoms with van der Waals surface area (Å²) in [4.78, 5) is 32.1. The van der Waals surface area contributed by atoms with Gasteiger partial charge < -0.3 is 24.4 Å². The highest BCUT2D eigenvalue weighted by molar-refractivity contribution is 5.91. The van der Waals surface area contributed by atoms with Gasteiger partial charge in [0, 0.05) is 51.6 Å². The zero-order valence-electron chi connectivity index (χ0n) is 20.4. The van der Waals surface area contributed by atoms with Gasteiger partial charge in [-0.15, -0.1) is 0 Å². The number of amides is 2. The summed E-state index contributed by atoms with van der Waals surface area (Å²) in [6.45, 7) is 2.23. The van der Waals surface area contributed by atoms with E-state index in [1.165, 1.54) is 23.1 Å². The number of rotatable bonds is 8. The Morgan fingerprint density at radius 3 is 2.53 bits per heavy atom. The first-order chi connectivity index (χ1) is 17.4. The number of nitrogens with one attached hydrogen (secondary N) is 1. The number of aromatic nitrogens is 2. The molecule has 0 spiro atoms. The largest absolute Gasteiger partial charge is 0.441 e. The monoisotopic (exact) mass is 495 g/mol. The Labute approximate surface area is 209 Å². The topological polar surface area (TPSA) is 101 Å². The smallest absolute Gasteiger partial charge is 0.407 e. The standard InChI is InChI=1S/C26H30FN5O4/c1-31(2)25(33)23-15-22(36-30-23)17-35-26(34)28-12-9-18-10-13-32(14-11-18)24-8-5-20(16-29-24)19-3-6-21(27)7-4-19/h3-8,15-16,18H,9-14,17H2,1-2H3,(H,28,34). The molecule has 9 nitrogen and oxygen atoms in total. The Morgan fingerprint density at radius 2 is 1.86 bits per heavy atom. The molecule has 3 aromatic rings. The fourth-order valence-electron chi connectivity index (χ4n) is 4.11. The highest BCUT2D eigenvalue weighted by atomic mass is 19.1. The molecule has 1 saturated heterocycles. The van der Waals surface area contributed by atoms with Crippen molar-refractivity contribution in [3.05, 3.63) is 65.9 Å². The summed E-state index contributed by atoms with van der Waals surface area (Å²) < 4.78 is 23.3. The molecule has 36 heavy (non-hydrogen) atoms. The molecule has 1 N–H and O–H groups in total.